The number of nitrogens with one attached hydrogen (secondary N) is 1. The van der Waals surface area contributed by atoms with E-state index in [1.807, 2.05) is 29.2 Å². The fraction of sp³-hybridized carbons (Fsp3) is 0.619. The Kier molecular flexibility index (Phi) is 9.98. The molecule has 1 aromatic rings. The molecule has 6 nitrogen and oxygen atoms in total. The molecule has 162 valence electrons. The zero-order valence-corrected chi connectivity index (χ0v) is 20.5. The van der Waals surface area contributed by atoms with Crippen LogP contribution in [-0.2, 0) is 11.3 Å². The van der Waals surface area contributed by atoms with Gasteiger partial charge in [0.15, 0.2) is 5.96 Å². The SMILES string of the molecule is CCNC(=NCc1cccc(Cl)c1)N1CCN(C(C)C(=O)N2CCCC2)CC1.I. The van der Waals surface area contributed by atoms with Crippen molar-refractivity contribution in [3.05, 3.63) is 34.9 Å². The first-order chi connectivity index (χ1) is 13.6. The molecule has 0 bridgehead atoms. The molecule has 0 aromatic heterocycles. The summed E-state index contributed by atoms with van der Waals surface area (Å²) in [4.78, 5) is 24.1. The first-order valence-electron chi connectivity index (χ1n) is 10.4. The summed E-state index contributed by atoms with van der Waals surface area (Å²) in [5.41, 5.74) is 1.10. The second-order valence-electron chi connectivity index (χ2n) is 7.53. The number of aliphatic imine (C=N–C) groups is 1. The molecule has 3 rings (SSSR count). The average Bonchev–Trinajstić information content (AvgIpc) is 3.25. The summed E-state index contributed by atoms with van der Waals surface area (Å²) in [6.45, 7) is 10.9. The molecule has 0 spiro atoms. The Morgan fingerprint density at radius 2 is 1.83 bits per heavy atom. The van der Waals surface area contributed by atoms with Crippen molar-refractivity contribution in [1.29, 1.82) is 0 Å². The zero-order chi connectivity index (χ0) is 19.9. The van der Waals surface area contributed by atoms with Gasteiger partial charge in [-0.15, -0.1) is 24.0 Å². The van der Waals surface area contributed by atoms with Gasteiger partial charge < -0.3 is 15.1 Å². The van der Waals surface area contributed by atoms with E-state index in [9.17, 15) is 4.79 Å². The van der Waals surface area contributed by atoms with Gasteiger partial charge in [0.1, 0.15) is 0 Å². The van der Waals surface area contributed by atoms with Gasteiger partial charge in [-0.05, 0) is 44.4 Å². The number of rotatable bonds is 5. The second-order valence-corrected chi connectivity index (χ2v) is 7.97. The smallest absolute Gasteiger partial charge is 0.239 e. The number of nitrogens with zero attached hydrogens (tertiary/aromatic N) is 4. The molecule has 0 saturated carbocycles. The standard InChI is InChI=1S/C21H32ClN5O.HI/c1-3-23-21(24-16-18-7-6-8-19(22)15-18)27-13-11-25(12-14-27)17(2)20(28)26-9-4-5-10-26;/h6-8,15,17H,3-5,9-14,16H2,1-2H3,(H,23,24);1H. The maximum atomic E-state index is 12.7. The van der Waals surface area contributed by atoms with Crippen molar-refractivity contribution in [2.75, 3.05) is 45.8 Å². The fourth-order valence-corrected chi connectivity index (χ4v) is 4.12. The van der Waals surface area contributed by atoms with Gasteiger partial charge in [0.25, 0.3) is 0 Å². The molecule has 1 N–H and O–H groups in total. The Morgan fingerprint density at radius 3 is 2.45 bits per heavy atom. The predicted molar refractivity (Wildman–Crippen MR) is 130 cm³/mol. The minimum atomic E-state index is -0.0359. The quantitative estimate of drug-likeness (QED) is 0.359. The Bertz CT molecular complexity index is 687. The highest BCUT2D eigenvalue weighted by Gasteiger charge is 2.30. The van der Waals surface area contributed by atoms with E-state index in [2.05, 4.69) is 29.0 Å². The average molecular weight is 534 g/mol. The molecule has 1 amide bonds. The molecule has 1 unspecified atom stereocenters. The van der Waals surface area contributed by atoms with Crippen molar-refractivity contribution in [2.24, 2.45) is 4.99 Å². The summed E-state index contributed by atoms with van der Waals surface area (Å²) in [7, 11) is 0. The molecule has 2 fully saturated rings. The molecule has 2 heterocycles. The van der Waals surface area contributed by atoms with Crippen molar-refractivity contribution in [3.8, 4) is 0 Å². The third kappa shape index (κ3) is 6.72. The molecule has 29 heavy (non-hydrogen) atoms. The normalized spacial score (nSPS) is 19.1. The fourth-order valence-electron chi connectivity index (χ4n) is 3.91. The van der Waals surface area contributed by atoms with Crippen molar-refractivity contribution in [2.45, 2.75) is 39.3 Å². The summed E-state index contributed by atoms with van der Waals surface area (Å²) in [6.07, 6.45) is 2.28. The Balaban J connectivity index is 0.00000300. The van der Waals surface area contributed by atoms with Gasteiger partial charge in [-0.1, -0.05) is 23.7 Å². The molecular weight excluding hydrogens is 501 g/mol. The number of carbonyl (C=O) groups excluding carboxylic acids is 1. The first-order valence-corrected chi connectivity index (χ1v) is 10.8. The van der Waals surface area contributed by atoms with Crippen molar-refractivity contribution in [1.82, 2.24) is 20.0 Å². The highest BCUT2D eigenvalue weighted by molar-refractivity contribution is 14.0. The molecule has 8 heteroatoms. The van der Waals surface area contributed by atoms with Gasteiger partial charge in [0, 0.05) is 50.8 Å². The first kappa shape index (κ1) is 24.2. The van der Waals surface area contributed by atoms with Crippen LogP contribution >= 0.6 is 35.6 Å². The van der Waals surface area contributed by atoms with Crippen LogP contribution in [-0.4, -0.2) is 78.4 Å². The number of carbonyl (C=O) groups is 1. The van der Waals surface area contributed by atoms with E-state index in [1.165, 1.54) is 0 Å². The lowest BCUT2D eigenvalue weighted by atomic mass is 10.2. The van der Waals surface area contributed by atoms with Gasteiger partial charge >= 0.3 is 0 Å². The number of guanidine groups is 1. The maximum absolute atomic E-state index is 12.7. The van der Waals surface area contributed by atoms with Crippen LogP contribution in [0, 0.1) is 0 Å². The monoisotopic (exact) mass is 533 g/mol. The molecule has 1 aromatic carbocycles. The molecule has 1 atom stereocenters. The van der Waals surface area contributed by atoms with E-state index < -0.39 is 0 Å². The van der Waals surface area contributed by atoms with Gasteiger partial charge in [-0.25, -0.2) is 4.99 Å². The van der Waals surface area contributed by atoms with Crippen LogP contribution in [0.4, 0.5) is 0 Å². The molecule has 2 saturated heterocycles. The maximum Gasteiger partial charge on any atom is 0.239 e. The van der Waals surface area contributed by atoms with Crippen LogP contribution in [0.25, 0.3) is 0 Å². The predicted octanol–water partition coefficient (Wildman–Crippen LogP) is 3.05. The number of likely N-dealkylation sites (tertiary alicyclic amines) is 1. The summed E-state index contributed by atoms with van der Waals surface area (Å²) in [5, 5.41) is 4.14. The minimum absolute atomic E-state index is 0. The summed E-state index contributed by atoms with van der Waals surface area (Å²) in [6, 6.07) is 7.80. The summed E-state index contributed by atoms with van der Waals surface area (Å²) < 4.78 is 0. The third-order valence-electron chi connectivity index (χ3n) is 5.57. The zero-order valence-electron chi connectivity index (χ0n) is 17.4. The van der Waals surface area contributed by atoms with Crippen LogP contribution in [0.3, 0.4) is 0 Å². The number of piperazine rings is 1. The van der Waals surface area contributed by atoms with Crippen LogP contribution in [0.2, 0.25) is 5.02 Å². The number of halogens is 2. The Labute approximate surface area is 196 Å². The lowest BCUT2D eigenvalue weighted by molar-refractivity contribution is -0.135. The topological polar surface area (TPSA) is 51.2 Å². The molecule has 2 aliphatic heterocycles. The summed E-state index contributed by atoms with van der Waals surface area (Å²) in [5.74, 6) is 1.22. The second kappa shape index (κ2) is 12.0. The molecule has 0 aliphatic carbocycles. The van der Waals surface area contributed by atoms with E-state index in [-0.39, 0.29) is 35.9 Å². The number of hydrogen-bond acceptors (Lipinski definition) is 3. The van der Waals surface area contributed by atoms with Gasteiger partial charge in [-0.2, -0.15) is 0 Å². The summed E-state index contributed by atoms with van der Waals surface area (Å²) >= 11 is 6.08. The van der Waals surface area contributed by atoms with Gasteiger partial charge in [-0.3, -0.25) is 9.69 Å². The number of hydrogen-bond donors (Lipinski definition) is 1. The highest BCUT2D eigenvalue weighted by Crippen LogP contribution is 2.15. The van der Waals surface area contributed by atoms with E-state index in [0.29, 0.717) is 6.54 Å². The van der Waals surface area contributed by atoms with E-state index in [1.54, 1.807) is 0 Å². The largest absolute Gasteiger partial charge is 0.357 e. The lowest BCUT2D eigenvalue weighted by Gasteiger charge is -2.39. The Morgan fingerprint density at radius 1 is 1.14 bits per heavy atom. The molecule has 0 radical (unpaired) electrons. The van der Waals surface area contributed by atoms with E-state index in [4.69, 9.17) is 16.6 Å². The van der Waals surface area contributed by atoms with Crippen molar-refractivity contribution >= 4 is 47.4 Å². The number of benzene rings is 1. The molecular formula is C21H33ClIN5O. The highest BCUT2D eigenvalue weighted by atomic mass is 127. The van der Waals surface area contributed by atoms with Crippen molar-refractivity contribution in [3.63, 3.8) is 0 Å². The third-order valence-corrected chi connectivity index (χ3v) is 5.81. The van der Waals surface area contributed by atoms with Crippen molar-refractivity contribution < 1.29 is 4.79 Å². The van der Waals surface area contributed by atoms with E-state index in [0.717, 1.165) is 75.2 Å². The minimum Gasteiger partial charge on any atom is -0.357 e. The Hall–Kier alpha value is -1.06. The van der Waals surface area contributed by atoms with Gasteiger partial charge in [0.2, 0.25) is 5.91 Å². The van der Waals surface area contributed by atoms with Gasteiger partial charge in [0.05, 0.1) is 12.6 Å². The van der Waals surface area contributed by atoms with Crippen LogP contribution in [0.5, 0.6) is 0 Å². The molecule has 2 aliphatic rings. The van der Waals surface area contributed by atoms with E-state index >= 15 is 0 Å². The van der Waals surface area contributed by atoms with Crippen LogP contribution < -0.4 is 5.32 Å². The lowest BCUT2D eigenvalue weighted by Crippen LogP contribution is -2.57. The van der Waals surface area contributed by atoms with Crippen LogP contribution in [0.1, 0.15) is 32.3 Å². The number of amides is 1. The van der Waals surface area contributed by atoms with Crippen LogP contribution in [0.15, 0.2) is 29.3 Å².